The molecule has 7 heteroatoms. The fourth-order valence-corrected chi connectivity index (χ4v) is 2.18. The second-order valence-corrected chi connectivity index (χ2v) is 5.20. The first-order valence-electron chi connectivity index (χ1n) is 6.97. The lowest BCUT2D eigenvalue weighted by molar-refractivity contribution is -0.139. The summed E-state index contributed by atoms with van der Waals surface area (Å²) < 4.78 is 4.95. The van der Waals surface area contributed by atoms with Gasteiger partial charge in [0.2, 0.25) is 0 Å². The van der Waals surface area contributed by atoms with Crippen LogP contribution in [-0.2, 0) is 14.3 Å². The van der Waals surface area contributed by atoms with Crippen molar-refractivity contribution in [1.82, 2.24) is 5.32 Å². The average molecular weight is 355 g/mol. The van der Waals surface area contributed by atoms with Crippen molar-refractivity contribution in [2.75, 3.05) is 13.2 Å². The van der Waals surface area contributed by atoms with Gasteiger partial charge in [-0.05, 0) is 26.0 Å². The molecule has 1 rings (SSSR count). The van der Waals surface area contributed by atoms with Gasteiger partial charge in [-0.3, -0.25) is 4.79 Å². The number of nitrogens with zero attached hydrogens (tertiary/aromatic N) is 1. The number of carbonyl (C=O) groups is 2. The van der Waals surface area contributed by atoms with Gasteiger partial charge in [0.1, 0.15) is 5.57 Å². The van der Waals surface area contributed by atoms with Crippen molar-refractivity contribution in [3.63, 3.8) is 0 Å². The van der Waals surface area contributed by atoms with Crippen LogP contribution in [0.2, 0.25) is 10.0 Å². The molecule has 5 nitrogen and oxygen atoms in total. The minimum Gasteiger partial charge on any atom is -0.462 e. The van der Waals surface area contributed by atoms with Gasteiger partial charge < -0.3 is 10.1 Å². The molecular formula is C16H16Cl2N2O3. The second kappa shape index (κ2) is 9.19. The molecule has 0 saturated carbocycles. The number of carbonyl (C=O) groups excluding carboxylic acids is 2. The number of rotatable bonds is 7. The zero-order valence-corrected chi connectivity index (χ0v) is 14.3. The number of benzene rings is 1. The third-order valence-corrected chi connectivity index (χ3v) is 3.55. The van der Waals surface area contributed by atoms with Crippen LogP contribution in [0, 0.1) is 11.3 Å². The molecule has 0 saturated heterocycles. The first-order chi connectivity index (χ1) is 11.0. The molecule has 0 fully saturated rings. The minimum atomic E-state index is -0.783. The lowest BCUT2D eigenvalue weighted by Crippen LogP contribution is -2.23. The third-order valence-electron chi connectivity index (χ3n) is 2.81. The Kier molecular flexibility index (Phi) is 7.60. The van der Waals surface area contributed by atoms with Crippen LogP contribution < -0.4 is 5.32 Å². The first-order valence-corrected chi connectivity index (χ1v) is 7.72. The van der Waals surface area contributed by atoms with E-state index in [9.17, 15) is 9.59 Å². The molecular weight excluding hydrogens is 339 g/mol. The zero-order chi connectivity index (χ0) is 17.4. The summed E-state index contributed by atoms with van der Waals surface area (Å²) in [6, 6.07) is 6.48. The van der Waals surface area contributed by atoms with Crippen LogP contribution >= 0.6 is 23.2 Å². The monoisotopic (exact) mass is 354 g/mol. The number of esters is 1. The number of hydrogen-bond acceptors (Lipinski definition) is 5. The lowest BCUT2D eigenvalue weighted by Gasteiger charge is -2.15. The first kappa shape index (κ1) is 19.0. The molecule has 0 atom stereocenters. The van der Waals surface area contributed by atoms with Crippen LogP contribution in [0.5, 0.6) is 0 Å². The molecule has 0 aliphatic rings. The minimum absolute atomic E-state index is 0.114. The van der Waals surface area contributed by atoms with Crippen molar-refractivity contribution in [2.45, 2.75) is 20.3 Å². The van der Waals surface area contributed by atoms with Gasteiger partial charge in [-0.2, -0.15) is 5.26 Å². The normalized spacial score (nSPS) is 11.3. The van der Waals surface area contributed by atoms with E-state index < -0.39 is 18.2 Å². The second-order valence-electron chi connectivity index (χ2n) is 4.39. The average Bonchev–Trinajstić information content (AvgIpc) is 2.50. The van der Waals surface area contributed by atoms with Gasteiger partial charge in [-0.15, -0.1) is 0 Å². The highest BCUT2D eigenvalue weighted by Crippen LogP contribution is 2.27. The molecule has 0 aliphatic carbocycles. The SMILES string of the molecule is CCN/C(=C(\C(=O)CC#N)C(=O)OCC)c1ccc(Cl)c(Cl)c1. The zero-order valence-electron chi connectivity index (χ0n) is 12.8. The molecule has 0 radical (unpaired) electrons. The Bertz CT molecular complexity index is 678. The molecule has 1 N–H and O–H groups in total. The molecule has 1 aromatic carbocycles. The van der Waals surface area contributed by atoms with E-state index in [1.165, 1.54) is 0 Å². The molecule has 23 heavy (non-hydrogen) atoms. The number of Topliss-reactive ketones (excluding diaryl/α,β-unsaturated/α-hetero) is 1. The molecule has 0 amide bonds. The fraction of sp³-hybridized carbons (Fsp3) is 0.312. The van der Waals surface area contributed by atoms with Crippen LogP contribution in [0.3, 0.4) is 0 Å². The molecule has 0 bridgehead atoms. The lowest BCUT2D eigenvalue weighted by atomic mass is 10.0. The summed E-state index contributed by atoms with van der Waals surface area (Å²) in [5.41, 5.74) is 0.578. The number of halogens is 2. The molecule has 0 unspecified atom stereocenters. The Morgan fingerprint density at radius 3 is 2.48 bits per heavy atom. The Morgan fingerprint density at radius 1 is 1.26 bits per heavy atom. The Labute approximate surface area is 144 Å². The highest BCUT2D eigenvalue weighted by Gasteiger charge is 2.25. The summed E-state index contributed by atoms with van der Waals surface area (Å²) in [4.78, 5) is 24.4. The Hall–Kier alpha value is -2.03. The predicted octanol–water partition coefficient (Wildman–Crippen LogP) is 3.36. The van der Waals surface area contributed by atoms with Crippen LogP contribution in [0.15, 0.2) is 23.8 Å². The molecule has 0 aromatic heterocycles. The van der Waals surface area contributed by atoms with E-state index in [4.69, 9.17) is 33.2 Å². The molecule has 1 aromatic rings. The summed E-state index contributed by atoms with van der Waals surface area (Å²) >= 11 is 11.9. The van der Waals surface area contributed by atoms with Gasteiger partial charge in [-0.1, -0.05) is 29.3 Å². The maximum atomic E-state index is 12.2. The van der Waals surface area contributed by atoms with Crippen molar-refractivity contribution in [3.05, 3.63) is 39.4 Å². The van der Waals surface area contributed by atoms with E-state index in [0.29, 0.717) is 17.1 Å². The van der Waals surface area contributed by atoms with Gasteiger partial charge in [0, 0.05) is 12.1 Å². The summed E-state index contributed by atoms with van der Waals surface area (Å²) in [5, 5.41) is 12.4. The van der Waals surface area contributed by atoms with Crippen molar-refractivity contribution in [2.24, 2.45) is 0 Å². The summed E-state index contributed by atoms with van der Waals surface area (Å²) in [6.45, 7) is 4.02. The summed E-state index contributed by atoms with van der Waals surface area (Å²) in [6.07, 6.45) is -0.426. The van der Waals surface area contributed by atoms with E-state index >= 15 is 0 Å². The van der Waals surface area contributed by atoms with E-state index in [1.54, 1.807) is 31.2 Å². The number of hydrogen-bond donors (Lipinski definition) is 1. The molecule has 0 spiro atoms. The Morgan fingerprint density at radius 2 is 1.96 bits per heavy atom. The molecule has 0 aliphatic heterocycles. The smallest absolute Gasteiger partial charge is 0.343 e. The van der Waals surface area contributed by atoms with Crippen LogP contribution in [-0.4, -0.2) is 24.9 Å². The summed E-state index contributed by atoms with van der Waals surface area (Å²) in [5.74, 6) is -1.40. The van der Waals surface area contributed by atoms with Crippen LogP contribution in [0.25, 0.3) is 5.70 Å². The standard InChI is InChI=1S/C16H16Cl2N2O3/c1-3-20-15(10-5-6-11(17)12(18)9-10)14(13(21)7-8-19)16(22)23-4-2/h5-6,9,20H,3-4,7H2,1-2H3/b15-14+. The van der Waals surface area contributed by atoms with E-state index in [-0.39, 0.29) is 22.9 Å². The van der Waals surface area contributed by atoms with E-state index in [2.05, 4.69) is 5.32 Å². The van der Waals surface area contributed by atoms with Crippen molar-refractivity contribution >= 4 is 40.7 Å². The number of ketones is 1. The van der Waals surface area contributed by atoms with Gasteiger partial charge >= 0.3 is 5.97 Å². The van der Waals surface area contributed by atoms with Crippen LogP contribution in [0.1, 0.15) is 25.8 Å². The van der Waals surface area contributed by atoms with E-state index in [1.807, 2.05) is 6.92 Å². The highest BCUT2D eigenvalue weighted by molar-refractivity contribution is 6.42. The maximum absolute atomic E-state index is 12.2. The maximum Gasteiger partial charge on any atom is 0.343 e. The van der Waals surface area contributed by atoms with Crippen molar-refractivity contribution in [3.8, 4) is 6.07 Å². The topological polar surface area (TPSA) is 79.2 Å². The Balaban J connectivity index is 3.54. The highest BCUT2D eigenvalue weighted by atomic mass is 35.5. The number of ether oxygens (including phenoxy) is 1. The van der Waals surface area contributed by atoms with Gasteiger partial charge in [0.15, 0.2) is 5.78 Å². The van der Waals surface area contributed by atoms with Crippen molar-refractivity contribution in [1.29, 1.82) is 5.26 Å². The van der Waals surface area contributed by atoms with E-state index in [0.717, 1.165) is 0 Å². The number of nitrogens with one attached hydrogen (secondary N) is 1. The molecule has 122 valence electrons. The predicted molar refractivity (Wildman–Crippen MR) is 88.9 cm³/mol. The van der Waals surface area contributed by atoms with Gasteiger partial charge in [-0.25, -0.2) is 4.79 Å². The molecule has 0 heterocycles. The third kappa shape index (κ3) is 4.98. The summed E-state index contributed by atoms with van der Waals surface area (Å²) in [7, 11) is 0. The largest absolute Gasteiger partial charge is 0.462 e. The van der Waals surface area contributed by atoms with Crippen LogP contribution in [0.4, 0.5) is 0 Å². The van der Waals surface area contributed by atoms with Gasteiger partial charge in [0.05, 0.1) is 34.8 Å². The number of nitriles is 1. The van der Waals surface area contributed by atoms with Gasteiger partial charge in [0.25, 0.3) is 0 Å². The fourth-order valence-electron chi connectivity index (χ4n) is 1.88. The van der Waals surface area contributed by atoms with Crippen molar-refractivity contribution < 1.29 is 14.3 Å². The quantitative estimate of drug-likeness (QED) is 0.351.